The molecule has 1 aromatic heterocycles. The zero-order valence-electron chi connectivity index (χ0n) is 11.3. The molecule has 0 aliphatic heterocycles. The largest absolute Gasteiger partial charge is 0.314 e. The Morgan fingerprint density at radius 1 is 1.12 bits per heavy atom. The van der Waals surface area contributed by atoms with Crippen molar-refractivity contribution in [2.75, 3.05) is 6.54 Å². The molecule has 0 fully saturated rings. The number of nitrogens with one attached hydrogen (secondary N) is 1. The molecule has 0 aromatic carbocycles. The molecule has 1 heterocycles. The average Bonchev–Trinajstić information content (AvgIpc) is 2.37. The maximum Gasteiger partial charge on any atom is 0.0270 e. The Balaban J connectivity index is 2.28. The van der Waals surface area contributed by atoms with Gasteiger partial charge in [-0.15, -0.1) is 0 Å². The molecule has 96 valence electrons. The minimum atomic E-state index is 0.680. The molecule has 0 saturated heterocycles. The second-order valence-corrected chi connectivity index (χ2v) is 4.64. The minimum Gasteiger partial charge on any atom is -0.314 e. The van der Waals surface area contributed by atoms with Crippen LogP contribution >= 0.6 is 0 Å². The Bertz CT molecular complexity index is 272. The van der Waals surface area contributed by atoms with Crippen molar-refractivity contribution in [3.05, 3.63) is 30.1 Å². The van der Waals surface area contributed by atoms with Gasteiger partial charge < -0.3 is 5.32 Å². The highest BCUT2D eigenvalue weighted by Gasteiger charge is 2.06. The van der Waals surface area contributed by atoms with E-state index in [4.69, 9.17) is 0 Å². The van der Waals surface area contributed by atoms with Crippen LogP contribution in [0.3, 0.4) is 0 Å². The molecular weight excluding hydrogens is 208 g/mol. The van der Waals surface area contributed by atoms with Crippen molar-refractivity contribution in [3.63, 3.8) is 0 Å². The van der Waals surface area contributed by atoms with Crippen molar-refractivity contribution in [2.45, 2.75) is 58.4 Å². The van der Waals surface area contributed by atoms with Gasteiger partial charge in [-0.25, -0.2) is 0 Å². The van der Waals surface area contributed by atoms with Crippen LogP contribution in [0.1, 0.15) is 51.5 Å². The predicted octanol–water partition coefficient (Wildman–Crippen LogP) is 3.57. The molecule has 1 N–H and O–H groups in total. The highest BCUT2D eigenvalue weighted by atomic mass is 14.9. The summed E-state index contributed by atoms with van der Waals surface area (Å²) in [5, 5.41) is 3.60. The molecule has 1 aromatic rings. The molecular formula is C15H26N2. The second-order valence-electron chi connectivity index (χ2n) is 4.64. The quantitative estimate of drug-likeness (QED) is 0.661. The van der Waals surface area contributed by atoms with Crippen LogP contribution in [-0.2, 0) is 6.42 Å². The smallest absolute Gasteiger partial charge is 0.0270 e. The summed E-state index contributed by atoms with van der Waals surface area (Å²) in [6, 6.07) is 4.92. The van der Waals surface area contributed by atoms with Crippen LogP contribution in [0.25, 0.3) is 0 Å². The van der Waals surface area contributed by atoms with E-state index in [1.54, 1.807) is 0 Å². The van der Waals surface area contributed by atoms with E-state index in [1.165, 1.54) is 37.7 Å². The lowest BCUT2D eigenvalue weighted by atomic mass is 10.0. The third-order valence-corrected chi connectivity index (χ3v) is 3.18. The molecule has 0 spiro atoms. The third-order valence-electron chi connectivity index (χ3n) is 3.18. The summed E-state index contributed by atoms with van der Waals surface area (Å²) >= 11 is 0. The molecule has 0 saturated carbocycles. The maximum absolute atomic E-state index is 4.05. The lowest BCUT2D eigenvalue weighted by Crippen LogP contribution is -2.29. The lowest BCUT2D eigenvalue weighted by molar-refractivity contribution is 0.444. The molecule has 1 unspecified atom stereocenters. The number of pyridine rings is 1. The molecule has 0 aliphatic rings. The molecule has 1 rings (SSSR count). The zero-order chi connectivity index (χ0) is 12.3. The van der Waals surface area contributed by atoms with Gasteiger partial charge in [0.05, 0.1) is 0 Å². The fourth-order valence-corrected chi connectivity index (χ4v) is 2.17. The number of aryl methyl sites for hydroxylation is 1. The zero-order valence-corrected chi connectivity index (χ0v) is 11.3. The van der Waals surface area contributed by atoms with Gasteiger partial charge in [-0.05, 0) is 43.5 Å². The van der Waals surface area contributed by atoms with E-state index in [9.17, 15) is 0 Å². The topological polar surface area (TPSA) is 24.9 Å². The van der Waals surface area contributed by atoms with Crippen LogP contribution in [0.5, 0.6) is 0 Å². The van der Waals surface area contributed by atoms with Crippen LogP contribution in [-0.4, -0.2) is 17.6 Å². The normalized spacial score (nSPS) is 12.6. The number of hydrogen-bond donors (Lipinski definition) is 1. The number of rotatable bonds is 9. The Morgan fingerprint density at radius 2 is 1.88 bits per heavy atom. The van der Waals surface area contributed by atoms with Crippen molar-refractivity contribution in [2.24, 2.45) is 0 Å². The highest BCUT2D eigenvalue weighted by molar-refractivity contribution is 5.09. The Hall–Kier alpha value is -0.890. The van der Waals surface area contributed by atoms with Crippen LogP contribution in [0, 0.1) is 0 Å². The van der Waals surface area contributed by atoms with E-state index in [0.29, 0.717) is 6.04 Å². The molecule has 2 nitrogen and oxygen atoms in total. The SMILES string of the molecule is CCCCCC(CCc1ccncc1)NCC. The summed E-state index contributed by atoms with van der Waals surface area (Å²) in [5.41, 5.74) is 1.40. The van der Waals surface area contributed by atoms with E-state index in [-0.39, 0.29) is 0 Å². The molecule has 0 radical (unpaired) electrons. The molecule has 0 bridgehead atoms. The van der Waals surface area contributed by atoms with Crippen LogP contribution in [0.2, 0.25) is 0 Å². The fraction of sp³-hybridized carbons (Fsp3) is 0.667. The highest BCUT2D eigenvalue weighted by Crippen LogP contribution is 2.10. The van der Waals surface area contributed by atoms with E-state index in [0.717, 1.165) is 13.0 Å². The molecule has 0 aliphatic carbocycles. The first-order valence-electron chi connectivity index (χ1n) is 6.99. The van der Waals surface area contributed by atoms with E-state index in [1.807, 2.05) is 12.4 Å². The summed E-state index contributed by atoms with van der Waals surface area (Å²) in [5.74, 6) is 0. The van der Waals surface area contributed by atoms with Crippen LogP contribution in [0.15, 0.2) is 24.5 Å². The van der Waals surface area contributed by atoms with Gasteiger partial charge in [0, 0.05) is 18.4 Å². The summed E-state index contributed by atoms with van der Waals surface area (Å²) < 4.78 is 0. The number of nitrogens with zero attached hydrogens (tertiary/aromatic N) is 1. The van der Waals surface area contributed by atoms with Gasteiger partial charge in [-0.2, -0.15) is 0 Å². The predicted molar refractivity (Wildman–Crippen MR) is 74.2 cm³/mol. The Labute approximate surface area is 106 Å². The first-order chi connectivity index (χ1) is 8.36. The fourth-order valence-electron chi connectivity index (χ4n) is 2.17. The van der Waals surface area contributed by atoms with Gasteiger partial charge >= 0.3 is 0 Å². The molecule has 0 amide bonds. The molecule has 1 atom stereocenters. The first kappa shape index (κ1) is 14.2. The van der Waals surface area contributed by atoms with E-state index >= 15 is 0 Å². The van der Waals surface area contributed by atoms with Gasteiger partial charge in [-0.3, -0.25) is 4.98 Å². The van der Waals surface area contributed by atoms with Gasteiger partial charge in [0.2, 0.25) is 0 Å². The van der Waals surface area contributed by atoms with Gasteiger partial charge in [0.25, 0.3) is 0 Å². The number of hydrogen-bond acceptors (Lipinski definition) is 2. The standard InChI is InChI=1S/C15H26N2/c1-3-5-6-7-15(17-4-2)9-8-14-10-12-16-13-11-14/h10-13,15,17H,3-9H2,1-2H3. The van der Waals surface area contributed by atoms with Crippen molar-refractivity contribution in [1.82, 2.24) is 10.3 Å². The second kappa shape index (κ2) is 9.17. The van der Waals surface area contributed by atoms with Crippen LogP contribution in [0.4, 0.5) is 0 Å². The van der Waals surface area contributed by atoms with Crippen molar-refractivity contribution >= 4 is 0 Å². The monoisotopic (exact) mass is 234 g/mol. The van der Waals surface area contributed by atoms with Gasteiger partial charge in [-0.1, -0.05) is 33.1 Å². The molecule has 17 heavy (non-hydrogen) atoms. The summed E-state index contributed by atoms with van der Waals surface area (Å²) in [6.07, 6.45) is 11.5. The van der Waals surface area contributed by atoms with E-state index in [2.05, 4.69) is 36.3 Å². The van der Waals surface area contributed by atoms with Crippen molar-refractivity contribution in [3.8, 4) is 0 Å². The number of aromatic nitrogens is 1. The molecule has 2 heteroatoms. The third kappa shape index (κ3) is 6.42. The van der Waals surface area contributed by atoms with Gasteiger partial charge in [0.15, 0.2) is 0 Å². The Kier molecular flexibility index (Phi) is 7.65. The first-order valence-corrected chi connectivity index (χ1v) is 6.99. The number of unbranched alkanes of at least 4 members (excludes halogenated alkanes) is 2. The summed E-state index contributed by atoms with van der Waals surface area (Å²) in [4.78, 5) is 4.05. The van der Waals surface area contributed by atoms with Crippen molar-refractivity contribution in [1.29, 1.82) is 0 Å². The minimum absolute atomic E-state index is 0.680. The van der Waals surface area contributed by atoms with Gasteiger partial charge in [0.1, 0.15) is 0 Å². The summed E-state index contributed by atoms with van der Waals surface area (Å²) in [6.45, 7) is 5.53. The average molecular weight is 234 g/mol. The summed E-state index contributed by atoms with van der Waals surface area (Å²) in [7, 11) is 0. The maximum atomic E-state index is 4.05. The van der Waals surface area contributed by atoms with E-state index < -0.39 is 0 Å². The van der Waals surface area contributed by atoms with Crippen LogP contribution < -0.4 is 5.32 Å². The lowest BCUT2D eigenvalue weighted by Gasteiger charge is -2.17. The van der Waals surface area contributed by atoms with Crippen molar-refractivity contribution < 1.29 is 0 Å². The Morgan fingerprint density at radius 3 is 2.53 bits per heavy atom.